The van der Waals surface area contributed by atoms with Gasteiger partial charge in [-0.3, -0.25) is 4.68 Å². The molecule has 7 heteroatoms. The van der Waals surface area contributed by atoms with Crippen LogP contribution in [-0.4, -0.2) is 25.8 Å². The van der Waals surface area contributed by atoms with Crippen molar-refractivity contribution < 1.29 is 0 Å². The summed E-state index contributed by atoms with van der Waals surface area (Å²) in [5, 5.41) is 17.2. The largest absolute Gasteiger partial charge is 0.350 e. The summed E-state index contributed by atoms with van der Waals surface area (Å²) in [5.74, 6) is 0.610. The summed E-state index contributed by atoms with van der Waals surface area (Å²) in [5.41, 5.74) is 3.07. The Kier molecular flexibility index (Phi) is 4.96. The van der Waals surface area contributed by atoms with Gasteiger partial charge in [0.05, 0.1) is 22.8 Å². The molecule has 0 amide bonds. The van der Waals surface area contributed by atoms with Gasteiger partial charge in [0, 0.05) is 29.7 Å². The van der Waals surface area contributed by atoms with Crippen LogP contribution in [0.3, 0.4) is 0 Å². The zero-order valence-corrected chi connectivity index (χ0v) is 14.7. The van der Waals surface area contributed by atoms with Crippen molar-refractivity contribution in [2.75, 3.05) is 5.32 Å². The number of benzene rings is 1. The van der Waals surface area contributed by atoms with Crippen molar-refractivity contribution in [2.45, 2.75) is 26.4 Å². The number of aryl methyl sites for hydroxylation is 1. The van der Waals surface area contributed by atoms with Crippen LogP contribution in [-0.2, 0) is 6.54 Å². The first kappa shape index (κ1) is 16.9. The summed E-state index contributed by atoms with van der Waals surface area (Å²) in [6.45, 7) is 4.65. The van der Waals surface area contributed by atoms with Crippen LogP contribution in [0.5, 0.6) is 0 Å². The van der Waals surface area contributed by atoms with Gasteiger partial charge >= 0.3 is 0 Å². The molecular weight excluding hydrogens is 336 g/mol. The smallest absolute Gasteiger partial charge is 0.223 e. The number of aromatic nitrogens is 4. The molecule has 0 spiro atoms. The van der Waals surface area contributed by atoms with Gasteiger partial charge < -0.3 is 5.32 Å². The molecule has 0 saturated carbocycles. The van der Waals surface area contributed by atoms with Gasteiger partial charge in [0.1, 0.15) is 6.07 Å². The fraction of sp³-hybridized carbons (Fsp3) is 0.222. The predicted molar refractivity (Wildman–Crippen MR) is 97.2 cm³/mol. The number of hydrogen-bond donors (Lipinski definition) is 1. The first-order chi connectivity index (χ1) is 12.0. The maximum absolute atomic E-state index is 8.95. The van der Waals surface area contributed by atoms with Gasteiger partial charge in [-0.1, -0.05) is 17.7 Å². The monoisotopic (exact) mass is 352 g/mol. The number of rotatable bonds is 5. The second-order valence-corrected chi connectivity index (χ2v) is 6.20. The van der Waals surface area contributed by atoms with Crippen molar-refractivity contribution in [2.24, 2.45) is 0 Å². The van der Waals surface area contributed by atoms with Gasteiger partial charge in [-0.15, -0.1) is 0 Å². The van der Waals surface area contributed by atoms with Crippen molar-refractivity contribution in [1.29, 1.82) is 5.26 Å². The third kappa shape index (κ3) is 4.14. The molecular formula is C18H17ClN6. The Hall–Kier alpha value is -2.91. The lowest BCUT2D eigenvalue weighted by atomic mass is 10.1. The summed E-state index contributed by atoms with van der Waals surface area (Å²) in [6.07, 6.45) is 3.65. The topological polar surface area (TPSA) is 79.4 Å². The van der Waals surface area contributed by atoms with Gasteiger partial charge in [-0.05, 0) is 38.1 Å². The van der Waals surface area contributed by atoms with E-state index in [2.05, 4.69) is 26.5 Å². The molecule has 1 aromatic carbocycles. The second-order valence-electron chi connectivity index (χ2n) is 5.80. The maximum Gasteiger partial charge on any atom is 0.223 e. The van der Waals surface area contributed by atoms with E-state index in [1.54, 1.807) is 18.3 Å². The molecule has 1 N–H and O–H groups in total. The molecule has 25 heavy (non-hydrogen) atoms. The molecule has 1 atom stereocenters. The lowest BCUT2D eigenvalue weighted by Crippen LogP contribution is -2.23. The quantitative estimate of drug-likeness (QED) is 0.757. The summed E-state index contributed by atoms with van der Waals surface area (Å²) in [7, 11) is 0. The van der Waals surface area contributed by atoms with E-state index in [0.717, 1.165) is 17.0 Å². The maximum atomic E-state index is 8.95. The summed E-state index contributed by atoms with van der Waals surface area (Å²) in [6, 6.07) is 11.3. The normalized spacial score (nSPS) is 11.8. The van der Waals surface area contributed by atoms with E-state index in [0.29, 0.717) is 23.1 Å². The highest BCUT2D eigenvalue weighted by atomic mass is 35.5. The molecule has 126 valence electrons. The number of nitriles is 1. The van der Waals surface area contributed by atoms with Crippen molar-refractivity contribution in [1.82, 2.24) is 19.7 Å². The minimum Gasteiger partial charge on any atom is -0.350 e. The average molecular weight is 353 g/mol. The minimum atomic E-state index is 0.110. The van der Waals surface area contributed by atoms with Crippen LogP contribution in [0, 0.1) is 18.3 Å². The molecule has 3 aromatic rings. The highest BCUT2D eigenvalue weighted by Crippen LogP contribution is 2.24. The number of anilines is 1. The predicted octanol–water partition coefficient (Wildman–Crippen LogP) is 3.67. The standard InChI is InChI=1S/C18H17ClN6/c1-12-5-7-21-18(22-12)23-13(2)11-25-8-6-17(24-25)14-3-4-15(10-20)16(19)9-14/h3-9,13H,11H2,1-2H3,(H,21,22,23)/t13-/m0/s1. The molecule has 0 bridgehead atoms. The van der Waals surface area contributed by atoms with Gasteiger partial charge in [-0.25, -0.2) is 9.97 Å². The molecule has 0 unspecified atom stereocenters. The Labute approximate surface area is 151 Å². The van der Waals surface area contributed by atoms with Crippen LogP contribution in [0.25, 0.3) is 11.3 Å². The zero-order chi connectivity index (χ0) is 17.8. The summed E-state index contributed by atoms with van der Waals surface area (Å²) in [4.78, 5) is 8.55. The fourth-order valence-electron chi connectivity index (χ4n) is 2.45. The lowest BCUT2D eigenvalue weighted by Gasteiger charge is -2.13. The molecule has 0 aliphatic carbocycles. The zero-order valence-electron chi connectivity index (χ0n) is 13.9. The average Bonchev–Trinajstić information content (AvgIpc) is 3.03. The van der Waals surface area contributed by atoms with E-state index in [-0.39, 0.29) is 6.04 Å². The molecule has 0 fully saturated rings. The van der Waals surface area contributed by atoms with E-state index in [1.165, 1.54) is 0 Å². The highest BCUT2D eigenvalue weighted by Gasteiger charge is 2.09. The summed E-state index contributed by atoms with van der Waals surface area (Å²) >= 11 is 6.09. The molecule has 3 rings (SSSR count). The van der Waals surface area contributed by atoms with Crippen LogP contribution >= 0.6 is 11.6 Å². The molecule has 0 saturated heterocycles. The van der Waals surface area contributed by atoms with Crippen molar-refractivity contribution in [3.05, 3.63) is 59.0 Å². The molecule has 0 aliphatic heterocycles. The first-order valence-corrected chi connectivity index (χ1v) is 8.22. The van der Waals surface area contributed by atoms with E-state index < -0.39 is 0 Å². The Bertz CT molecular complexity index is 927. The van der Waals surface area contributed by atoms with Crippen LogP contribution in [0.1, 0.15) is 18.2 Å². The van der Waals surface area contributed by atoms with Crippen molar-refractivity contribution in [3.63, 3.8) is 0 Å². The van der Waals surface area contributed by atoms with Crippen LogP contribution in [0.15, 0.2) is 42.7 Å². The lowest BCUT2D eigenvalue weighted by molar-refractivity contribution is 0.559. The van der Waals surface area contributed by atoms with Gasteiger partial charge in [-0.2, -0.15) is 10.4 Å². The Morgan fingerprint density at radius 2 is 2.16 bits per heavy atom. The fourth-order valence-corrected chi connectivity index (χ4v) is 2.67. The van der Waals surface area contributed by atoms with E-state index in [1.807, 2.05) is 42.9 Å². The SMILES string of the molecule is Cc1ccnc(N[C@@H](C)Cn2ccc(-c3ccc(C#N)c(Cl)c3)n2)n1. The van der Waals surface area contributed by atoms with Crippen molar-refractivity contribution in [3.8, 4) is 17.3 Å². The molecule has 2 aromatic heterocycles. The second kappa shape index (κ2) is 7.32. The third-order valence-electron chi connectivity index (χ3n) is 3.66. The van der Waals surface area contributed by atoms with Gasteiger partial charge in [0.15, 0.2) is 0 Å². The minimum absolute atomic E-state index is 0.110. The Morgan fingerprint density at radius 3 is 2.88 bits per heavy atom. The number of nitrogens with one attached hydrogen (secondary N) is 1. The number of nitrogens with zero attached hydrogens (tertiary/aromatic N) is 5. The van der Waals surface area contributed by atoms with Crippen LogP contribution in [0.4, 0.5) is 5.95 Å². The Morgan fingerprint density at radius 1 is 1.32 bits per heavy atom. The number of hydrogen-bond acceptors (Lipinski definition) is 5. The Balaban J connectivity index is 1.69. The summed E-state index contributed by atoms with van der Waals surface area (Å²) < 4.78 is 1.86. The van der Waals surface area contributed by atoms with Gasteiger partial charge in [0.2, 0.25) is 5.95 Å². The van der Waals surface area contributed by atoms with Crippen LogP contribution in [0.2, 0.25) is 5.02 Å². The van der Waals surface area contributed by atoms with Gasteiger partial charge in [0.25, 0.3) is 0 Å². The highest BCUT2D eigenvalue weighted by molar-refractivity contribution is 6.32. The molecule has 0 radical (unpaired) electrons. The molecule has 6 nitrogen and oxygen atoms in total. The number of halogens is 1. The third-order valence-corrected chi connectivity index (χ3v) is 3.97. The van der Waals surface area contributed by atoms with Crippen LogP contribution < -0.4 is 5.32 Å². The van der Waals surface area contributed by atoms with E-state index >= 15 is 0 Å². The van der Waals surface area contributed by atoms with E-state index in [9.17, 15) is 0 Å². The van der Waals surface area contributed by atoms with E-state index in [4.69, 9.17) is 16.9 Å². The molecule has 0 aliphatic rings. The molecule has 2 heterocycles. The first-order valence-electron chi connectivity index (χ1n) is 7.85. The van der Waals surface area contributed by atoms with Crippen molar-refractivity contribution >= 4 is 17.5 Å².